The van der Waals surface area contributed by atoms with E-state index in [-0.39, 0.29) is 5.91 Å². The van der Waals surface area contributed by atoms with E-state index in [4.69, 9.17) is 33.7 Å². The molecule has 2 aliphatic rings. The van der Waals surface area contributed by atoms with Crippen molar-refractivity contribution in [3.63, 3.8) is 0 Å². The SMILES string of the molecule is N[C@H](Cc1ccc(Cl)cc1)C(=O)N1CCC(c2ccc(Cl)cc2OCCN2CCCC2)CC1. The summed E-state index contributed by atoms with van der Waals surface area (Å²) >= 11 is 12.2. The lowest BCUT2D eigenvalue weighted by molar-refractivity contribution is -0.133. The average molecular weight is 490 g/mol. The minimum absolute atomic E-state index is 0.0154. The van der Waals surface area contributed by atoms with Crippen LogP contribution in [0.4, 0.5) is 0 Å². The van der Waals surface area contributed by atoms with Crippen LogP contribution in [0.1, 0.15) is 42.7 Å². The Morgan fingerprint density at radius 3 is 2.36 bits per heavy atom. The van der Waals surface area contributed by atoms with Crippen molar-refractivity contribution in [3.8, 4) is 5.75 Å². The predicted molar refractivity (Wildman–Crippen MR) is 134 cm³/mol. The van der Waals surface area contributed by atoms with Gasteiger partial charge in [-0.25, -0.2) is 0 Å². The van der Waals surface area contributed by atoms with Crippen molar-refractivity contribution in [3.05, 3.63) is 63.6 Å². The molecule has 1 amide bonds. The van der Waals surface area contributed by atoms with Crippen molar-refractivity contribution in [2.45, 2.75) is 44.1 Å². The number of halogens is 2. The van der Waals surface area contributed by atoms with Gasteiger partial charge in [-0.1, -0.05) is 41.4 Å². The highest BCUT2D eigenvalue weighted by molar-refractivity contribution is 6.30. The zero-order valence-corrected chi connectivity index (χ0v) is 20.5. The van der Waals surface area contributed by atoms with Crippen LogP contribution in [0.2, 0.25) is 10.0 Å². The molecule has 0 spiro atoms. The average Bonchev–Trinajstić information content (AvgIpc) is 3.34. The molecule has 2 saturated heterocycles. The maximum absolute atomic E-state index is 12.9. The number of carbonyl (C=O) groups is 1. The summed E-state index contributed by atoms with van der Waals surface area (Å²) in [4.78, 5) is 17.3. The van der Waals surface area contributed by atoms with Crippen LogP contribution in [0.15, 0.2) is 42.5 Å². The number of rotatable bonds is 8. The monoisotopic (exact) mass is 489 g/mol. The van der Waals surface area contributed by atoms with Crippen LogP contribution >= 0.6 is 23.2 Å². The zero-order chi connectivity index (χ0) is 23.2. The number of piperidine rings is 1. The van der Waals surface area contributed by atoms with Crippen LogP contribution in [-0.4, -0.2) is 61.1 Å². The van der Waals surface area contributed by atoms with E-state index in [1.54, 1.807) is 0 Å². The summed E-state index contributed by atoms with van der Waals surface area (Å²) in [5.74, 6) is 1.24. The summed E-state index contributed by atoms with van der Waals surface area (Å²) in [5.41, 5.74) is 8.46. The van der Waals surface area contributed by atoms with Gasteiger partial charge in [-0.05, 0) is 86.5 Å². The number of nitrogens with zero attached hydrogens (tertiary/aromatic N) is 2. The Morgan fingerprint density at radius 2 is 1.67 bits per heavy atom. The van der Waals surface area contributed by atoms with Crippen molar-refractivity contribution in [2.75, 3.05) is 39.3 Å². The van der Waals surface area contributed by atoms with Gasteiger partial charge in [0.25, 0.3) is 0 Å². The first-order chi connectivity index (χ1) is 16.0. The van der Waals surface area contributed by atoms with E-state index in [0.29, 0.717) is 42.1 Å². The number of ether oxygens (including phenoxy) is 1. The predicted octanol–water partition coefficient (Wildman–Crippen LogP) is 4.74. The summed E-state index contributed by atoms with van der Waals surface area (Å²) in [6.07, 6.45) is 4.86. The summed E-state index contributed by atoms with van der Waals surface area (Å²) in [6, 6.07) is 12.9. The lowest BCUT2D eigenvalue weighted by Crippen LogP contribution is -2.47. The largest absolute Gasteiger partial charge is 0.492 e. The van der Waals surface area contributed by atoms with E-state index >= 15 is 0 Å². The Hall–Kier alpha value is -1.79. The number of carbonyl (C=O) groups excluding carboxylic acids is 1. The molecule has 2 aliphatic heterocycles. The second kappa shape index (κ2) is 11.6. The van der Waals surface area contributed by atoms with E-state index < -0.39 is 6.04 Å². The van der Waals surface area contributed by atoms with Crippen LogP contribution in [0.3, 0.4) is 0 Å². The first kappa shape index (κ1) is 24.3. The third kappa shape index (κ3) is 6.63. The third-order valence-electron chi connectivity index (χ3n) is 6.77. The molecule has 0 aromatic heterocycles. The van der Waals surface area contributed by atoms with Crippen LogP contribution in [0.5, 0.6) is 5.75 Å². The van der Waals surface area contributed by atoms with Crippen molar-refractivity contribution >= 4 is 29.1 Å². The Morgan fingerprint density at radius 1 is 1.00 bits per heavy atom. The molecule has 1 atom stereocenters. The molecule has 4 rings (SSSR count). The molecular formula is C26H33Cl2N3O2. The molecule has 2 aromatic carbocycles. The molecule has 2 N–H and O–H groups in total. The fourth-order valence-electron chi connectivity index (χ4n) is 4.87. The third-order valence-corrected chi connectivity index (χ3v) is 7.26. The van der Waals surface area contributed by atoms with Gasteiger partial charge in [-0.2, -0.15) is 0 Å². The standard InChI is InChI=1S/C26H33Cl2N3O2/c27-21-5-3-19(4-6-21)17-24(29)26(32)31-13-9-20(10-14-31)23-8-7-22(28)18-25(23)33-16-15-30-11-1-2-12-30/h3-8,18,20,24H,1-2,9-17,29H2/t24-/m1/s1. The van der Waals surface area contributed by atoms with E-state index in [2.05, 4.69) is 11.0 Å². The van der Waals surface area contributed by atoms with Crippen LogP contribution < -0.4 is 10.5 Å². The maximum Gasteiger partial charge on any atom is 0.239 e. The van der Waals surface area contributed by atoms with Crippen LogP contribution in [0, 0.1) is 0 Å². The topological polar surface area (TPSA) is 58.8 Å². The number of hydrogen-bond acceptors (Lipinski definition) is 4. The van der Waals surface area contributed by atoms with Gasteiger partial charge < -0.3 is 15.4 Å². The van der Waals surface area contributed by atoms with Gasteiger partial charge in [0.2, 0.25) is 5.91 Å². The van der Waals surface area contributed by atoms with Crippen molar-refractivity contribution < 1.29 is 9.53 Å². The van der Waals surface area contributed by atoms with Gasteiger partial charge in [0, 0.05) is 29.7 Å². The number of likely N-dealkylation sites (tertiary alicyclic amines) is 2. The summed E-state index contributed by atoms with van der Waals surface area (Å²) in [6.45, 7) is 5.35. The van der Waals surface area contributed by atoms with Gasteiger partial charge in [0.05, 0.1) is 6.04 Å². The molecule has 0 radical (unpaired) electrons. The first-order valence-electron chi connectivity index (χ1n) is 11.9. The van der Waals surface area contributed by atoms with Crippen molar-refractivity contribution in [1.82, 2.24) is 9.80 Å². The molecule has 0 saturated carbocycles. The van der Waals surface area contributed by atoms with Gasteiger partial charge >= 0.3 is 0 Å². The molecule has 0 bridgehead atoms. The van der Waals surface area contributed by atoms with Gasteiger partial charge in [-0.3, -0.25) is 9.69 Å². The van der Waals surface area contributed by atoms with Crippen LogP contribution in [0.25, 0.3) is 0 Å². The van der Waals surface area contributed by atoms with E-state index in [1.165, 1.54) is 31.5 Å². The Kier molecular flexibility index (Phi) is 8.53. The molecule has 178 valence electrons. The minimum atomic E-state index is -0.539. The van der Waals surface area contributed by atoms with Crippen molar-refractivity contribution in [2.24, 2.45) is 5.73 Å². The molecule has 5 nitrogen and oxygen atoms in total. The number of nitrogens with two attached hydrogens (primary N) is 1. The number of hydrogen-bond donors (Lipinski definition) is 1. The first-order valence-corrected chi connectivity index (χ1v) is 12.7. The van der Waals surface area contributed by atoms with Crippen LogP contribution in [-0.2, 0) is 11.2 Å². The number of benzene rings is 2. The highest BCUT2D eigenvalue weighted by Crippen LogP contribution is 2.36. The lowest BCUT2D eigenvalue weighted by Gasteiger charge is -2.34. The highest BCUT2D eigenvalue weighted by atomic mass is 35.5. The molecular weight excluding hydrogens is 457 g/mol. The molecule has 7 heteroatoms. The summed E-state index contributed by atoms with van der Waals surface area (Å²) in [5, 5.41) is 1.37. The maximum atomic E-state index is 12.9. The summed E-state index contributed by atoms with van der Waals surface area (Å²) in [7, 11) is 0. The fourth-order valence-corrected chi connectivity index (χ4v) is 5.16. The fraction of sp³-hybridized carbons (Fsp3) is 0.500. The Labute approximate surface area is 206 Å². The smallest absolute Gasteiger partial charge is 0.239 e. The normalized spacial score (nSPS) is 18.5. The second-order valence-corrected chi connectivity index (χ2v) is 9.99. The minimum Gasteiger partial charge on any atom is -0.492 e. The molecule has 0 unspecified atom stereocenters. The molecule has 33 heavy (non-hydrogen) atoms. The van der Waals surface area contributed by atoms with Gasteiger partial charge in [-0.15, -0.1) is 0 Å². The van der Waals surface area contributed by atoms with Gasteiger partial charge in [0.1, 0.15) is 12.4 Å². The quantitative estimate of drug-likeness (QED) is 0.581. The second-order valence-electron chi connectivity index (χ2n) is 9.12. The lowest BCUT2D eigenvalue weighted by atomic mass is 9.88. The molecule has 2 heterocycles. The Bertz CT molecular complexity index is 924. The molecule has 2 fully saturated rings. The zero-order valence-electron chi connectivity index (χ0n) is 19.0. The van der Waals surface area contributed by atoms with E-state index in [9.17, 15) is 4.79 Å². The molecule has 2 aromatic rings. The summed E-state index contributed by atoms with van der Waals surface area (Å²) < 4.78 is 6.18. The molecule has 0 aliphatic carbocycles. The highest BCUT2D eigenvalue weighted by Gasteiger charge is 2.28. The Balaban J connectivity index is 1.31. The van der Waals surface area contributed by atoms with E-state index in [1.807, 2.05) is 41.3 Å². The number of amides is 1. The van der Waals surface area contributed by atoms with Gasteiger partial charge in [0.15, 0.2) is 0 Å². The van der Waals surface area contributed by atoms with Crippen molar-refractivity contribution in [1.29, 1.82) is 0 Å². The van der Waals surface area contributed by atoms with E-state index in [0.717, 1.165) is 30.7 Å².